The second-order valence-corrected chi connectivity index (χ2v) is 7.74. The zero-order chi connectivity index (χ0) is 19.6. The van der Waals surface area contributed by atoms with Crippen molar-refractivity contribution in [2.24, 2.45) is 0 Å². The van der Waals surface area contributed by atoms with Crippen LogP contribution in [0.3, 0.4) is 0 Å². The number of Topliss-reactive ketones (excluding diaryl/α,β-unsaturated/α-hetero) is 1. The number of aliphatic hydroxyl groups is 1. The number of aryl methyl sites for hydroxylation is 1. The van der Waals surface area contributed by atoms with Crippen LogP contribution in [0.4, 0.5) is 5.69 Å². The Bertz CT molecular complexity index is 882. The van der Waals surface area contributed by atoms with Crippen molar-refractivity contribution in [2.45, 2.75) is 32.3 Å². The molecule has 0 bridgehead atoms. The minimum absolute atomic E-state index is 0.231. The van der Waals surface area contributed by atoms with Gasteiger partial charge in [-0.15, -0.1) is 0 Å². The Balaban J connectivity index is 1.73. The number of nitrogens with zero attached hydrogens (tertiary/aromatic N) is 1. The highest BCUT2D eigenvalue weighted by molar-refractivity contribution is 9.10. The molecule has 0 saturated heterocycles. The molecule has 2 aromatic carbocycles. The maximum Gasteiger partial charge on any atom is 0.264 e. The molecule has 1 atom stereocenters. The summed E-state index contributed by atoms with van der Waals surface area (Å²) in [4.78, 5) is 26.1. The van der Waals surface area contributed by atoms with E-state index in [1.165, 1.54) is 6.92 Å². The van der Waals surface area contributed by atoms with Crippen LogP contribution in [-0.2, 0) is 15.2 Å². The van der Waals surface area contributed by atoms with E-state index < -0.39 is 11.5 Å². The SMILES string of the molecule is CC(=O)CC1(O)C(=O)N(CCCOc2ccccc2C)c2ccc(Br)cc21. The topological polar surface area (TPSA) is 66.8 Å². The molecule has 27 heavy (non-hydrogen) atoms. The molecule has 0 radical (unpaired) electrons. The number of amides is 1. The first-order valence-electron chi connectivity index (χ1n) is 8.85. The minimum atomic E-state index is -1.80. The van der Waals surface area contributed by atoms with Crippen LogP contribution in [0.5, 0.6) is 5.75 Å². The number of para-hydroxylation sites is 1. The van der Waals surface area contributed by atoms with Crippen molar-refractivity contribution in [3.8, 4) is 5.75 Å². The lowest BCUT2D eigenvalue weighted by molar-refractivity contribution is -0.141. The summed E-state index contributed by atoms with van der Waals surface area (Å²) in [7, 11) is 0. The highest BCUT2D eigenvalue weighted by Crippen LogP contribution is 2.43. The number of anilines is 1. The van der Waals surface area contributed by atoms with E-state index in [4.69, 9.17) is 4.74 Å². The Morgan fingerprint density at radius 2 is 2.00 bits per heavy atom. The number of ether oxygens (including phenoxy) is 1. The highest BCUT2D eigenvalue weighted by Gasteiger charge is 2.50. The maximum absolute atomic E-state index is 12.9. The van der Waals surface area contributed by atoms with Crippen molar-refractivity contribution in [3.63, 3.8) is 0 Å². The van der Waals surface area contributed by atoms with Gasteiger partial charge in [0.05, 0.1) is 12.3 Å². The quantitative estimate of drug-likeness (QED) is 0.677. The Kier molecular flexibility index (Phi) is 5.67. The van der Waals surface area contributed by atoms with E-state index in [1.807, 2.05) is 37.3 Å². The van der Waals surface area contributed by atoms with Crippen molar-refractivity contribution in [1.82, 2.24) is 0 Å². The number of hydrogen-bond acceptors (Lipinski definition) is 4. The molecule has 1 aliphatic rings. The molecule has 0 aliphatic carbocycles. The van der Waals surface area contributed by atoms with Crippen molar-refractivity contribution in [3.05, 3.63) is 58.1 Å². The molecule has 0 saturated carbocycles. The lowest BCUT2D eigenvalue weighted by Crippen LogP contribution is -2.42. The number of carbonyl (C=O) groups is 2. The lowest BCUT2D eigenvalue weighted by atomic mass is 9.90. The van der Waals surface area contributed by atoms with Crippen molar-refractivity contribution in [2.75, 3.05) is 18.1 Å². The van der Waals surface area contributed by atoms with Gasteiger partial charge in [-0.2, -0.15) is 0 Å². The molecular weight excluding hydrogens is 410 g/mol. The molecule has 1 unspecified atom stereocenters. The standard InChI is InChI=1S/C21H22BrNO4/c1-14-6-3-4-7-19(14)27-11-5-10-23-18-9-8-16(22)12-17(18)21(26,20(23)25)13-15(2)24/h3-4,6-9,12,26H,5,10-11,13H2,1-2H3. The Morgan fingerprint density at radius 3 is 2.70 bits per heavy atom. The van der Waals surface area contributed by atoms with Gasteiger partial charge in [0.15, 0.2) is 5.60 Å². The Labute approximate surface area is 167 Å². The summed E-state index contributed by atoms with van der Waals surface area (Å²) in [6.45, 7) is 4.21. The first-order chi connectivity index (χ1) is 12.8. The van der Waals surface area contributed by atoms with E-state index in [0.29, 0.717) is 30.8 Å². The van der Waals surface area contributed by atoms with Gasteiger partial charge in [-0.3, -0.25) is 9.59 Å². The molecule has 0 spiro atoms. The van der Waals surface area contributed by atoms with Crippen LogP contribution in [-0.4, -0.2) is 29.9 Å². The van der Waals surface area contributed by atoms with Gasteiger partial charge in [-0.1, -0.05) is 34.1 Å². The molecule has 2 aromatic rings. The second-order valence-electron chi connectivity index (χ2n) is 6.82. The van der Waals surface area contributed by atoms with Crippen molar-refractivity contribution in [1.29, 1.82) is 0 Å². The summed E-state index contributed by atoms with van der Waals surface area (Å²) in [6.07, 6.45) is 0.372. The second kappa shape index (κ2) is 7.82. The number of halogens is 1. The molecule has 3 rings (SSSR count). The van der Waals surface area contributed by atoms with Crippen molar-refractivity contribution < 1.29 is 19.4 Å². The van der Waals surface area contributed by atoms with E-state index in [0.717, 1.165) is 15.8 Å². The molecule has 5 nitrogen and oxygen atoms in total. The summed E-state index contributed by atoms with van der Waals surface area (Å²) >= 11 is 3.37. The molecule has 0 aromatic heterocycles. The summed E-state index contributed by atoms with van der Waals surface area (Å²) in [5.41, 5.74) is 0.363. The Hall–Kier alpha value is -2.18. The third kappa shape index (κ3) is 3.92. The van der Waals surface area contributed by atoms with Gasteiger partial charge in [0.1, 0.15) is 11.5 Å². The number of rotatable bonds is 7. The zero-order valence-electron chi connectivity index (χ0n) is 15.4. The van der Waals surface area contributed by atoms with Gasteiger partial charge in [0.2, 0.25) is 0 Å². The third-order valence-electron chi connectivity index (χ3n) is 4.68. The fourth-order valence-corrected chi connectivity index (χ4v) is 3.76. The fraction of sp³-hybridized carbons (Fsp3) is 0.333. The van der Waals surface area contributed by atoms with Crippen molar-refractivity contribution >= 4 is 33.3 Å². The number of carbonyl (C=O) groups excluding carboxylic acids is 2. The van der Waals surface area contributed by atoms with Gasteiger partial charge in [0.25, 0.3) is 5.91 Å². The molecule has 1 N–H and O–H groups in total. The summed E-state index contributed by atoms with van der Waals surface area (Å²) < 4.78 is 6.54. The minimum Gasteiger partial charge on any atom is -0.493 e. The maximum atomic E-state index is 12.9. The van der Waals surface area contributed by atoms with Crippen LogP contribution in [0.2, 0.25) is 0 Å². The average molecular weight is 432 g/mol. The predicted molar refractivity (Wildman–Crippen MR) is 107 cm³/mol. The molecule has 0 fully saturated rings. The number of hydrogen-bond donors (Lipinski definition) is 1. The van der Waals surface area contributed by atoms with Crippen LogP contribution in [0, 0.1) is 6.92 Å². The first-order valence-corrected chi connectivity index (χ1v) is 9.64. The van der Waals surface area contributed by atoms with Gasteiger partial charge >= 0.3 is 0 Å². The van der Waals surface area contributed by atoms with Gasteiger partial charge < -0.3 is 14.7 Å². The fourth-order valence-electron chi connectivity index (χ4n) is 3.40. The zero-order valence-corrected chi connectivity index (χ0v) is 17.0. The van der Waals surface area contributed by atoms with E-state index in [-0.39, 0.29) is 12.2 Å². The largest absolute Gasteiger partial charge is 0.493 e. The molecule has 142 valence electrons. The van der Waals surface area contributed by atoms with Gasteiger partial charge in [-0.05, 0) is 50.1 Å². The van der Waals surface area contributed by atoms with Crippen LogP contribution in [0.25, 0.3) is 0 Å². The first kappa shape index (κ1) is 19.6. The lowest BCUT2D eigenvalue weighted by Gasteiger charge is -2.22. The number of fused-ring (bicyclic) bond motifs is 1. The van der Waals surface area contributed by atoms with Crippen LogP contribution < -0.4 is 9.64 Å². The third-order valence-corrected chi connectivity index (χ3v) is 5.17. The van der Waals surface area contributed by atoms with Crippen LogP contribution in [0.1, 0.15) is 30.9 Å². The molecule has 1 heterocycles. The van der Waals surface area contributed by atoms with Gasteiger partial charge in [-0.25, -0.2) is 0 Å². The smallest absolute Gasteiger partial charge is 0.264 e. The molecular formula is C21H22BrNO4. The van der Waals surface area contributed by atoms with Gasteiger partial charge in [0, 0.05) is 23.0 Å². The summed E-state index contributed by atoms with van der Waals surface area (Å²) in [5.74, 6) is 0.130. The van der Waals surface area contributed by atoms with Crippen LogP contribution >= 0.6 is 15.9 Å². The Morgan fingerprint density at radius 1 is 1.26 bits per heavy atom. The molecule has 1 aliphatic heterocycles. The molecule has 6 heteroatoms. The normalized spacial score (nSPS) is 18.5. The highest BCUT2D eigenvalue weighted by atomic mass is 79.9. The van der Waals surface area contributed by atoms with E-state index in [9.17, 15) is 14.7 Å². The molecule has 1 amide bonds. The van der Waals surface area contributed by atoms with E-state index >= 15 is 0 Å². The van der Waals surface area contributed by atoms with Crippen LogP contribution in [0.15, 0.2) is 46.9 Å². The van der Waals surface area contributed by atoms with E-state index in [1.54, 1.807) is 17.0 Å². The average Bonchev–Trinajstić information content (AvgIpc) is 2.81. The predicted octanol–water partition coefficient (Wildman–Crippen LogP) is 3.74. The summed E-state index contributed by atoms with van der Waals surface area (Å²) in [5, 5.41) is 11.0. The number of ketones is 1. The number of benzene rings is 2. The monoisotopic (exact) mass is 431 g/mol. The summed E-state index contributed by atoms with van der Waals surface area (Å²) in [6, 6.07) is 13.1. The van der Waals surface area contributed by atoms with E-state index in [2.05, 4.69) is 15.9 Å².